The van der Waals surface area contributed by atoms with E-state index in [-0.39, 0.29) is 84.6 Å². The number of H-pyrrole nitrogens is 2. The average Bonchev–Trinajstić information content (AvgIpc) is 1.71. The van der Waals surface area contributed by atoms with Crippen molar-refractivity contribution in [2.75, 3.05) is 18.1 Å². The van der Waals surface area contributed by atoms with E-state index in [0.717, 1.165) is 32.1 Å². The summed E-state index contributed by atoms with van der Waals surface area (Å²) in [6.07, 6.45) is -1.04. The van der Waals surface area contributed by atoms with Crippen LogP contribution in [-0.4, -0.2) is 213 Å². The molecule has 0 radical (unpaired) electrons. The van der Waals surface area contributed by atoms with Crippen LogP contribution >= 0.6 is 33.2 Å². The highest BCUT2D eigenvalue weighted by molar-refractivity contribution is 8.76. The fourth-order valence-electron chi connectivity index (χ4n) is 11.0. The molecular formula is C63H91ClN16O15S2. The molecule has 0 saturated carbocycles. The number of halogens is 1. The van der Waals surface area contributed by atoms with Crippen molar-refractivity contribution in [2.45, 2.75) is 184 Å². The molecule has 4 aromatic rings. The van der Waals surface area contributed by atoms with Gasteiger partial charge in [0.15, 0.2) is 0 Å². The van der Waals surface area contributed by atoms with Gasteiger partial charge in [0, 0.05) is 54.7 Å². The van der Waals surface area contributed by atoms with Crippen molar-refractivity contribution in [3.05, 3.63) is 101 Å². The van der Waals surface area contributed by atoms with Crippen molar-refractivity contribution < 1.29 is 73.5 Å². The number of aromatic nitrogens is 4. The Balaban J connectivity index is 1.42. The molecule has 2 aromatic heterocycles. The number of nitrogens with two attached hydrogens (primary N) is 2. The fourth-order valence-corrected chi connectivity index (χ4v) is 13.6. The number of hydrogen-bond acceptors (Lipinski definition) is 21. The van der Waals surface area contributed by atoms with Crippen molar-refractivity contribution in [3.63, 3.8) is 0 Å². The zero-order chi connectivity index (χ0) is 71.2. The van der Waals surface area contributed by atoms with Gasteiger partial charge in [0.2, 0.25) is 53.2 Å². The Kier molecular flexibility index (Phi) is 30.4. The number of amides is 9. The number of rotatable bonds is 28. The fraction of sp³-hybridized carbons (Fsp3) is 0.556. The number of carboxylic acids is 1. The molecule has 6 rings (SSSR count). The Labute approximate surface area is 574 Å². The van der Waals surface area contributed by atoms with E-state index in [2.05, 4.69) is 67.8 Å². The number of carboxylic acid groups (broad SMARTS) is 1. The summed E-state index contributed by atoms with van der Waals surface area (Å²) < 4.78 is 0. The number of phenolic OH excluding ortho intramolecular Hbond substituents is 1. The number of nitrogens with one attached hydrogen (secondary N) is 11. The number of aliphatic carboxylic acids is 1. The van der Waals surface area contributed by atoms with Crippen LogP contribution in [0.5, 0.6) is 5.75 Å². The number of aliphatic hydroxyl groups is 3. The Morgan fingerprint density at radius 3 is 1.96 bits per heavy atom. The molecular weight excluding hydrogens is 1320 g/mol. The van der Waals surface area contributed by atoms with Gasteiger partial charge in [0.25, 0.3) is 0 Å². The second-order valence-electron chi connectivity index (χ2n) is 25.2. The number of aromatic hydroxyl groups is 1. The summed E-state index contributed by atoms with van der Waals surface area (Å²) in [6.45, 7) is 10.2. The molecule has 97 heavy (non-hydrogen) atoms. The maximum Gasteiger partial charge on any atom is 0.305 e. The zero-order valence-electron chi connectivity index (χ0n) is 54.7. The van der Waals surface area contributed by atoms with Crippen molar-refractivity contribution in [2.24, 2.45) is 29.2 Å². The largest absolute Gasteiger partial charge is 0.506 e. The van der Waals surface area contributed by atoms with Crippen LogP contribution in [0.15, 0.2) is 73.6 Å². The molecule has 0 bridgehead atoms. The van der Waals surface area contributed by atoms with Gasteiger partial charge in [-0.15, -0.1) is 0 Å². The number of benzene rings is 2. The van der Waals surface area contributed by atoms with Crippen LogP contribution in [0.2, 0.25) is 5.02 Å². The highest BCUT2D eigenvalue weighted by Gasteiger charge is 2.44. The Morgan fingerprint density at radius 2 is 1.36 bits per heavy atom. The van der Waals surface area contributed by atoms with Crippen LogP contribution in [0.3, 0.4) is 0 Å². The third-order valence-electron chi connectivity index (χ3n) is 16.4. The van der Waals surface area contributed by atoms with E-state index in [9.17, 15) is 68.7 Å². The van der Waals surface area contributed by atoms with Gasteiger partial charge in [-0.3, -0.25) is 58.6 Å². The summed E-state index contributed by atoms with van der Waals surface area (Å²) in [5.41, 5.74) is 13.9. The molecule has 15 atom stereocenters. The monoisotopic (exact) mass is 1410 g/mol. The minimum Gasteiger partial charge on any atom is -0.506 e. The summed E-state index contributed by atoms with van der Waals surface area (Å²) in [4.78, 5) is 157. The van der Waals surface area contributed by atoms with E-state index >= 15 is 4.79 Å². The molecule has 20 N–H and O–H groups in total. The van der Waals surface area contributed by atoms with E-state index in [1.807, 2.05) is 13.8 Å². The molecule has 2 aliphatic rings. The summed E-state index contributed by atoms with van der Waals surface area (Å²) in [7, 11) is 1.92. The van der Waals surface area contributed by atoms with E-state index in [0.29, 0.717) is 17.8 Å². The number of phenols is 1. The first-order chi connectivity index (χ1) is 46.0. The predicted molar refractivity (Wildman–Crippen MR) is 360 cm³/mol. The molecule has 4 heterocycles. The molecule has 2 unspecified atom stereocenters. The van der Waals surface area contributed by atoms with E-state index < -0.39 is 163 Å². The van der Waals surface area contributed by atoms with Gasteiger partial charge in [-0.2, -0.15) is 0 Å². The number of primary amides is 1. The molecule has 532 valence electrons. The van der Waals surface area contributed by atoms with Gasteiger partial charge in [-0.25, -0.2) is 9.97 Å². The van der Waals surface area contributed by atoms with E-state index in [1.165, 1.54) is 43.2 Å². The number of hydrogen-bond donors (Lipinski definition) is 18. The van der Waals surface area contributed by atoms with Crippen LogP contribution in [0, 0.1) is 17.8 Å². The molecule has 34 heteroatoms. The minimum atomic E-state index is -1.91. The number of nitrogens with zero attached hydrogens (tertiary/aromatic N) is 3. The van der Waals surface area contributed by atoms with E-state index in [1.54, 1.807) is 58.0 Å². The number of carbonyl (C=O) groups is 10. The maximum absolute atomic E-state index is 15.4. The summed E-state index contributed by atoms with van der Waals surface area (Å²) in [6, 6.07) is -2.85. The first-order valence-corrected chi connectivity index (χ1v) is 34.8. The number of carbonyl (C=O) groups excluding carboxylic acids is 9. The van der Waals surface area contributed by atoms with E-state index in [4.69, 9.17) is 23.1 Å². The summed E-state index contributed by atoms with van der Waals surface area (Å²) in [5, 5.41) is 80.6. The van der Waals surface area contributed by atoms with Gasteiger partial charge in [-0.05, 0) is 73.1 Å². The van der Waals surface area contributed by atoms with Gasteiger partial charge < -0.3 is 89.1 Å². The molecule has 2 aliphatic heterocycles. The second kappa shape index (κ2) is 37.7. The van der Waals surface area contributed by atoms with Crippen LogP contribution in [0.4, 0.5) is 0 Å². The molecule has 0 spiro atoms. The standard InChI is InChI=1S/C63H91ClN16O15S2/c1-7-33(6)52(62(94)71-41(53(66)85)15-31(2)3)79-59(91)45(21-37-25-68-30-70-37)74-60(92)47-27-96-97-28-48(78-57(89)44(20-36-24-67-29-69-36)72-54(86)40(65)18-34-11-9-8-10-12-34)63(95)80-26-38(81)22-49(80)61(93)76-43(19-35-13-14-50(82)39(64)17-35)56(88)75-46(23-51(83)84)58(90)73-42(16-32(4)5)55(87)77-47/h8-14,17,24-25,29-33,38,40-49,52,60-61,74,76,81-82,92-93H,7,15-16,18-23,26-28,65H2,1-6H3,(H2,66,85)(H,67,69)(H,68,70)(H,71,94)(H,72,86)(H,73,90)(H,75,88)(H,77,87)(H,78,89)(H,79,91)(H,83,84)/t33?,38?,40-,41-,42-,43-,44-,45-,46-,47-,48-,49-,52-,60+,61+/m0/s1. The lowest BCUT2D eigenvalue weighted by molar-refractivity contribution is -0.141. The SMILES string of the molecule is CCC(C)[C@H](NC(=O)[C@H](Cc1cnc[nH]1)N[C@H](O)[C@@H]1CSSC[C@H](NC(=O)[C@H](Cc2cnc[nH]2)NC(=O)[C@@H](N)Cc2ccccc2)C(=O)N2CC(O)C[C@H]2[C@@H](O)N[C@@H](Cc2ccc(O)c(Cl)c2)C(=O)N[C@@H](CC(=O)O)C(=O)N[C@@H](CC(C)C)C(=O)N1)C(=O)N[C@@H](CC(C)C)C(N)=O. The molecule has 0 aliphatic carbocycles. The Hall–Kier alpha value is -7.89. The Bertz CT molecular complexity index is 3290. The molecule has 9 amide bonds. The van der Waals surface area contributed by atoms with Crippen LogP contribution in [-0.2, 0) is 73.6 Å². The molecule has 2 fully saturated rings. The number of imidazole rings is 2. The lowest BCUT2D eigenvalue weighted by Gasteiger charge is -2.34. The third kappa shape index (κ3) is 24.3. The van der Waals surface area contributed by atoms with Gasteiger partial charge in [0.05, 0.1) is 60.4 Å². The normalized spacial score (nSPS) is 23.0. The van der Waals surface area contributed by atoms with Crippen molar-refractivity contribution in [1.29, 1.82) is 0 Å². The highest BCUT2D eigenvalue weighted by Crippen LogP contribution is 2.29. The Morgan fingerprint density at radius 1 is 0.742 bits per heavy atom. The smallest absolute Gasteiger partial charge is 0.305 e. The van der Waals surface area contributed by atoms with Crippen molar-refractivity contribution >= 4 is 92.3 Å². The molecule has 31 nitrogen and oxygen atoms in total. The number of fused-ring (bicyclic) bond motifs is 1. The maximum atomic E-state index is 15.4. The molecule has 2 aromatic carbocycles. The van der Waals surface area contributed by atoms with Gasteiger partial charge in [-0.1, -0.05) is 118 Å². The van der Waals surface area contributed by atoms with Gasteiger partial charge >= 0.3 is 5.97 Å². The summed E-state index contributed by atoms with van der Waals surface area (Å²) in [5.74, 6) is -11.3. The van der Waals surface area contributed by atoms with Crippen LogP contribution < -0.4 is 59.3 Å². The predicted octanol–water partition coefficient (Wildman–Crippen LogP) is -1.51. The lowest BCUT2D eigenvalue weighted by Crippen LogP contribution is -2.63. The third-order valence-corrected chi connectivity index (χ3v) is 19.2. The zero-order valence-corrected chi connectivity index (χ0v) is 57.1. The summed E-state index contributed by atoms with van der Waals surface area (Å²) >= 11 is 6.28. The van der Waals surface area contributed by atoms with Crippen LogP contribution in [0.25, 0.3) is 0 Å². The topological polar surface area (TPSA) is 493 Å². The quantitative estimate of drug-likeness (QED) is 0.0227. The highest BCUT2D eigenvalue weighted by atomic mass is 35.5. The van der Waals surface area contributed by atoms with Gasteiger partial charge in [0.1, 0.15) is 54.5 Å². The first kappa shape index (κ1) is 78.1. The minimum absolute atomic E-state index is 0.0529. The van der Waals surface area contributed by atoms with Crippen molar-refractivity contribution in [3.8, 4) is 5.75 Å². The second-order valence-corrected chi connectivity index (χ2v) is 28.2. The number of aliphatic hydroxyl groups excluding tert-OH is 3. The lowest BCUT2D eigenvalue weighted by atomic mass is 9.96. The number of aromatic amines is 2. The van der Waals surface area contributed by atoms with Crippen molar-refractivity contribution in [1.82, 2.24) is 72.7 Å². The average molecular weight is 1410 g/mol. The first-order valence-electron chi connectivity index (χ1n) is 32.0. The van der Waals surface area contributed by atoms with Crippen LogP contribution in [0.1, 0.15) is 96.2 Å². The molecule has 2 saturated heterocycles.